The van der Waals surface area contributed by atoms with Crippen molar-refractivity contribution in [3.63, 3.8) is 0 Å². The average molecular weight is 244 g/mol. The van der Waals surface area contributed by atoms with Gasteiger partial charge in [0, 0.05) is 41.1 Å². The lowest BCUT2D eigenvalue weighted by Gasteiger charge is -2.10. The summed E-state index contributed by atoms with van der Waals surface area (Å²) < 4.78 is 0. The number of nitrogens with zero attached hydrogens (tertiary/aromatic N) is 1. The molecule has 0 radical (unpaired) electrons. The molecule has 0 bridgehead atoms. The van der Waals surface area contributed by atoms with Crippen LogP contribution in [-0.2, 0) is 4.79 Å². The Morgan fingerprint density at radius 1 is 1.33 bits per heavy atom. The van der Waals surface area contributed by atoms with E-state index in [0.717, 1.165) is 16.5 Å². The number of hydrogen-bond acceptors (Lipinski definition) is 4. The Labute approximate surface area is 105 Å². The summed E-state index contributed by atoms with van der Waals surface area (Å²) in [5.41, 5.74) is 7.46. The van der Waals surface area contributed by atoms with Crippen molar-refractivity contribution in [2.45, 2.75) is 6.92 Å². The number of likely N-dealkylation sites (N-methyl/N-ethyl adjacent to an activating group) is 1. The van der Waals surface area contributed by atoms with E-state index in [9.17, 15) is 4.79 Å². The van der Waals surface area contributed by atoms with Crippen molar-refractivity contribution in [3.05, 3.63) is 30.6 Å². The number of anilines is 2. The first-order valence-corrected chi connectivity index (χ1v) is 5.85. The summed E-state index contributed by atoms with van der Waals surface area (Å²) in [6, 6.07) is 5.54. The van der Waals surface area contributed by atoms with E-state index in [1.54, 1.807) is 12.4 Å². The first-order chi connectivity index (χ1) is 8.72. The van der Waals surface area contributed by atoms with Crippen molar-refractivity contribution in [3.8, 4) is 0 Å². The van der Waals surface area contributed by atoms with Crippen molar-refractivity contribution >= 4 is 28.1 Å². The molecule has 0 spiro atoms. The van der Waals surface area contributed by atoms with Crippen LogP contribution in [-0.4, -0.2) is 24.0 Å². The molecule has 2 aromatic rings. The minimum atomic E-state index is -0.0358. The number of pyridine rings is 1. The Balaban J connectivity index is 2.24. The zero-order chi connectivity index (χ0) is 13.0. The second-order valence-corrected chi connectivity index (χ2v) is 3.93. The van der Waals surface area contributed by atoms with Crippen molar-refractivity contribution in [2.24, 2.45) is 0 Å². The standard InChI is InChI=1S/C13H16N4O/c1-2-16-13(18)8-17-12-4-3-11(14)9-5-6-15-7-10(9)12/h3-7,17H,2,8,14H2,1H3,(H,16,18). The van der Waals surface area contributed by atoms with Gasteiger partial charge in [-0.2, -0.15) is 0 Å². The summed E-state index contributed by atoms with van der Waals surface area (Å²) in [5.74, 6) is -0.0358. The third kappa shape index (κ3) is 2.51. The molecule has 1 amide bonds. The van der Waals surface area contributed by atoms with Crippen LogP contribution in [0, 0.1) is 0 Å². The van der Waals surface area contributed by atoms with Crippen molar-refractivity contribution in [1.29, 1.82) is 0 Å². The van der Waals surface area contributed by atoms with E-state index in [-0.39, 0.29) is 12.5 Å². The number of hydrogen-bond donors (Lipinski definition) is 3. The van der Waals surface area contributed by atoms with Crippen LogP contribution in [0.1, 0.15) is 6.92 Å². The fourth-order valence-electron chi connectivity index (χ4n) is 1.80. The van der Waals surface area contributed by atoms with Crippen LogP contribution in [0.25, 0.3) is 10.8 Å². The van der Waals surface area contributed by atoms with Crippen LogP contribution in [0.3, 0.4) is 0 Å². The molecule has 2 rings (SSSR count). The van der Waals surface area contributed by atoms with Crippen LogP contribution in [0.5, 0.6) is 0 Å². The molecule has 94 valence electrons. The normalized spacial score (nSPS) is 10.3. The van der Waals surface area contributed by atoms with E-state index in [2.05, 4.69) is 15.6 Å². The number of nitrogen functional groups attached to an aromatic ring is 1. The molecule has 0 atom stereocenters. The molecular weight excluding hydrogens is 228 g/mol. The summed E-state index contributed by atoms with van der Waals surface area (Å²) >= 11 is 0. The highest BCUT2D eigenvalue weighted by atomic mass is 16.1. The number of fused-ring (bicyclic) bond motifs is 1. The van der Waals surface area contributed by atoms with Crippen molar-refractivity contribution in [2.75, 3.05) is 24.1 Å². The van der Waals surface area contributed by atoms with Gasteiger partial charge in [0.1, 0.15) is 0 Å². The van der Waals surface area contributed by atoms with Crippen LogP contribution < -0.4 is 16.4 Å². The second-order valence-electron chi connectivity index (χ2n) is 3.93. The van der Waals surface area contributed by atoms with Gasteiger partial charge < -0.3 is 16.4 Å². The van der Waals surface area contributed by atoms with Crippen LogP contribution >= 0.6 is 0 Å². The number of aromatic nitrogens is 1. The minimum Gasteiger partial charge on any atom is -0.398 e. The lowest BCUT2D eigenvalue weighted by molar-refractivity contribution is -0.119. The molecule has 5 nitrogen and oxygen atoms in total. The van der Waals surface area contributed by atoms with Gasteiger partial charge in [-0.05, 0) is 25.1 Å². The van der Waals surface area contributed by atoms with Gasteiger partial charge in [-0.1, -0.05) is 0 Å². The first-order valence-electron chi connectivity index (χ1n) is 5.85. The number of benzene rings is 1. The Kier molecular flexibility index (Phi) is 3.62. The molecule has 0 saturated heterocycles. The maximum atomic E-state index is 11.4. The molecule has 1 aromatic heterocycles. The Morgan fingerprint density at radius 2 is 2.17 bits per heavy atom. The van der Waals surface area contributed by atoms with Crippen molar-refractivity contribution < 1.29 is 4.79 Å². The van der Waals surface area contributed by atoms with Gasteiger partial charge >= 0.3 is 0 Å². The van der Waals surface area contributed by atoms with E-state index < -0.39 is 0 Å². The van der Waals surface area contributed by atoms with Crippen LogP contribution in [0.2, 0.25) is 0 Å². The number of amides is 1. The number of carbonyl (C=O) groups is 1. The summed E-state index contributed by atoms with van der Waals surface area (Å²) in [7, 11) is 0. The van der Waals surface area contributed by atoms with E-state index in [4.69, 9.17) is 5.73 Å². The maximum absolute atomic E-state index is 11.4. The van der Waals surface area contributed by atoms with E-state index >= 15 is 0 Å². The van der Waals surface area contributed by atoms with Gasteiger partial charge in [-0.15, -0.1) is 0 Å². The molecule has 4 N–H and O–H groups in total. The van der Waals surface area contributed by atoms with Gasteiger partial charge in [-0.3, -0.25) is 9.78 Å². The molecule has 0 aliphatic rings. The fourth-order valence-corrected chi connectivity index (χ4v) is 1.80. The Hall–Kier alpha value is -2.30. The summed E-state index contributed by atoms with van der Waals surface area (Å²) in [6.07, 6.45) is 3.44. The highest BCUT2D eigenvalue weighted by Crippen LogP contribution is 2.27. The molecule has 1 aromatic carbocycles. The molecular formula is C13H16N4O. The maximum Gasteiger partial charge on any atom is 0.239 e. The quantitative estimate of drug-likeness (QED) is 0.709. The third-order valence-corrected chi connectivity index (χ3v) is 2.67. The molecule has 0 saturated carbocycles. The molecule has 0 aliphatic heterocycles. The van der Waals surface area contributed by atoms with Gasteiger partial charge in [-0.25, -0.2) is 0 Å². The molecule has 18 heavy (non-hydrogen) atoms. The predicted octanol–water partition coefficient (Wildman–Crippen LogP) is 1.36. The van der Waals surface area contributed by atoms with E-state index in [0.29, 0.717) is 12.2 Å². The third-order valence-electron chi connectivity index (χ3n) is 2.67. The SMILES string of the molecule is CCNC(=O)CNc1ccc(N)c2ccncc12. The zero-order valence-corrected chi connectivity index (χ0v) is 10.2. The molecule has 1 heterocycles. The van der Waals surface area contributed by atoms with E-state index in [1.807, 2.05) is 25.1 Å². The topological polar surface area (TPSA) is 80.0 Å². The number of rotatable bonds is 4. The predicted molar refractivity (Wildman–Crippen MR) is 73.3 cm³/mol. The monoisotopic (exact) mass is 244 g/mol. The lowest BCUT2D eigenvalue weighted by atomic mass is 10.1. The van der Waals surface area contributed by atoms with Crippen LogP contribution in [0.4, 0.5) is 11.4 Å². The number of nitrogens with two attached hydrogens (primary N) is 1. The molecule has 0 unspecified atom stereocenters. The van der Waals surface area contributed by atoms with Gasteiger partial charge in [0.2, 0.25) is 5.91 Å². The molecule has 0 fully saturated rings. The Bertz CT molecular complexity index is 568. The second kappa shape index (κ2) is 5.35. The van der Waals surface area contributed by atoms with Gasteiger partial charge in [0.05, 0.1) is 6.54 Å². The highest BCUT2D eigenvalue weighted by Gasteiger charge is 2.05. The number of carbonyl (C=O) groups excluding carboxylic acids is 1. The minimum absolute atomic E-state index is 0.0358. The average Bonchev–Trinajstić information content (AvgIpc) is 2.39. The summed E-state index contributed by atoms with van der Waals surface area (Å²) in [6.45, 7) is 2.76. The molecule has 0 aliphatic carbocycles. The fraction of sp³-hybridized carbons (Fsp3) is 0.231. The summed E-state index contributed by atoms with van der Waals surface area (Å²) in [4.78, 5) is 15.5. The Morgan fingerprint density at radius 3 is 2.94 bits per heavy atom. The number of nitrogens with one attached hydrogen (secondary N) is 2. The zero-order valence-electron chi connectivity index (χ0n) is 10.2. The van der Waals surface area contributed by atoms with Gasteiger partial charge in [0.25, 0.3) is 0 Å². The van der Waals surface area contributed by atoms with Gasteiger partial charge in [0.15, 0.2) is 0 Å². The van der Waals surface area contributed by atoms with Crippen LogP contribution in [0.15, 0.2) is 30.6 Å². The summed E-state index contributed by atoms with van der Waals surface area (Å²) in [5, 5.41) is 7.68. The smallest absolute Gasteiger partial charge is 0.239 e. The highest BCUT2D eigenvalue weighted by molar-refractivity contribution is 6.01. The molecule has 5 heteroatoms. The van der Waals surface area contributed by atoms with E-state index in [1.165, 1.54) is 0 Å². The largest absolute Gasteiger partial charge is 0.398 e. The first kappa shape index (κ1) is 12.2. The lowest BCUT2D eigenvalue weighted by Crippen LogP contribution is -2.29. The van der Waals surface area contributed by atoms with Crippen molar-refractivity contribution in [1.82, 2.24) is 10.3 Å².